The molecule has 0 bridgehead atoms. The smallest absolute Gasteiger partial charge is 0.338 e. The van der Waals surface area contributed by atoms with E-state index in [1.807, 2.05) is 30.3 Å². The molecule has 0 unspecified atom stereocenters. The lowest BCUT2D eigenvalue weighted by Crippen LogP contribution is -2.30. The molecule has 0 radical (unpaired) electrons. The van der Waals surface area contributed by atoms with Gasteiger partial charge in [-0.2, -0.15) is 0 Å². The Morgan fingerprint density at radius 3 is 2.30 bits per heavy atom. The van der Waals surface area contributed by atoms with E-state index in [0.29, 0.717) is 17.7 Å². The average molecular weight is 313 g/mol. The first-order chi connectivity index (χ1) is 11.2. The topological polar surface area (TPSA) is 75.6 Å². The number of nitrogens with one attached hydrogen (secondary N) is 1. The molecule has 0 aliphatic heterocycles. The number of carbonyl (C=O) groups excluding carboxylic acids is 2. The summed E-state index contributed by atoms with van der Waals surface area (Å²) in [5.74, 6) is -0.894. The number of carbonyl (C=O) groups is 2. The van der Waals surface area contributed by atoms with E-state index in [1.54, 1.807) is 24.3 Å². The number of aliphatic hydroxyl groups is 1. The van der Waals surface area contributed by atoms with Gasteiger partial charge < -0.3 is 15.2 Å². The molecule has 0 aliphatic carbocycles. The molecule has 120 valence electrons. The fourth-order valence-corrected chi connectivity index (χ4v) is 2.00. The van der Waals surface area contributed by atoms with E-state index in [2.05, 4.69) is 5.32 Å². The SMILES string of the molecule is O=C(COC(=O)c1ccc(CO)cc1)NCCc1ccccc1. The summed E-state index contributed by atoms with van der Waals surface area (Å²) in [5, 5.41) is 11.6. The van der Waals surface area contributed by atoms with Crippen molar-refractivity contribution in [1.82, 2.24) is 5.32 Å². The fourth-order valence-electron chi connectivity index (χ4n) is 2.00. The van der Waals surface area contributed by atoms with Gasteiger partial charge in [-0.15, -0.1) is 0 Å². The van der Waals surface area contributed by atoms with Crippen molar-refractivity contribution >= 4 is 11.9 Å². The Bertz CT molecular complexity index is 638. The van der Waals surface area contributed by atoms with Gasteiger partial charge in [0.05, 0.1) is 12.2 Å². The predicted octanol–water partition coefficient (Wildman–Crippen LogP) is 1.69. The van der Waals surface area contributed by atoms with Crippen molar-refractivity contribution in [2.45, 2.75) is 13.0 Å². The number of rotatable bonds is 7. The molecule has 0 atom stereocenters. The molecule has 23 heavy (non-hydrogen) atoms. The first-order valence-electron chi connectivity index (χ1n) is 7.36. The molecule has 2 N–H and O–H groups in total. The first kappa shape index (κ1) is 16.7. The highest BCUT2D eigenvalue weighted by molar-refractivity contribution is 5.91. The summed E-state index contributed by atoms with van der Waals surface area (Å²) < 4.78 is 4.95. The minimum absolute atomic E-state index is 0.0842. The van der Waals surface area contributed by atoms with Crippen LogP contribution in [0.25, 0.3) is 0 Å². The van der Waals surface area contributed by atoms with E-state index in [1.165, 1.54) is 0 Å². The summed E-state index contributed by atoms with van der Waals surface area (Å²) in [4.78, 5) is 23.4. The molecule has 2 aromatic rings. The molecule has 2 rings (SSSR count). The van der Waals surface area contributed by atoms with E-state index in [-0.39, 0.29) is 19.1 Å². The molecule has 5 nitrogen and oxygen atoms in total. The average Bonchev–Trinajstić information content (AvgIpc) is 2.60. The van der Waals surface area contributed by atoms with Crippen LogP contribution in [0.5, 0.6) is 0 Å². The van der Waals surface area contributed by atoms with Crippen LogP contribution >= 0.6 is 0 Å². The van der Waals surface area contributed by atoms with Gasteiger partial charge in [-0.05, 0) is 29.7 Å². The monoisotopic (exact) mass is 313 g/mol. The van der Waals surface area contributed by atoms with Gasteiger partial charge in [0.2, 0.25) is 0 Å². The zero-order valence-corrected chi connectivity index (χ0v) is 12.7. The summed E-state index contributed by atoms with van der Waals surface area (Å²) in [5.41, 5.74) is 2.19. The van der Waals surface area contributed by atoms with Crippen LogP contribution in [-0.4, -0.2) is 30.1 Å². The Hall–Kier alpha value is -2.66. The lowest BCUT2D eigenvalue weighted by molar-refractivity contribution is -0.124. The highest BCUT2D eigenvalue weighted by Gasteiger charge is 2.09. The van der Waals surface area contributed by atoms with Crippen molar-refractivity contribution in [3.05, 3.63) is 71.3 Å². The van der Waals surface area contributed by atoms with Crippen molar-refractivity contribution in [1.29, 1.82) is 0 Å². The first-order valence-corrected chi connectivity index (χ1v) is 7.36. The highest BCUT2D eigenvalue weighted by Crippen LogP contribution is 2.06. The summed E-state index contributed by atoms with van der Waals surface area (Å²) in [6.45, 7) is 0.0973. The molecule has 0 heterocycles. The van der Waals surface area contributed by atoms with Gasteiger partial charge in [0, 0.05) is 6.54 Å². The molecule has 0 aliphatic rings. The van der Waals surface area contributed by atoms with Crippen LogP contribution in [0, 0.1) is 0 Å². The Morgan fingerprint density at radius 1 is 0.957 bits per heavy atom. The second-order valence-electron chi connectivity index (χ2n) is 5.02. The molecule has 0 saturated carbocycles. The van der Waals surface area contributed by atoms with Gasteiger partial charge in [0.1, 0.15) is 0 Å². The molecule has 0 saturated heterocycles. The van der Waals surface area contributed by atoms with Crippen molar-refractivity contribution < 1.29 is 19.4 Å². The van der Waals surface area contributed by atoms with E-state index in [9.17, 15) is 9.59 Å². The predicted molar refractivity (Wildman–Crippen MR) is 85.8 cm³/mol. The van der Waals surface area contributed by atoms with Gasteiger partial charge in [-0.1, -0.05) is 42.5 Å². The number of amides is 1. The maximum absolute atomic E-state index is 11.8. The fraction of sp³-hybridized carbons (Fsp3) is 0.222. The molecular weight excluding hydrogens is 294 g/mol. The molecule has 0 spiro atoms. The van der Waals surface area contributed by atoms with E-state index < -0.39 is 5.97 Å². The second-order valence-corrected chi connectivity index (χ2v) is 5.02. The van der Waals surface area contributed by atoms with E-state index in [0.717, 1.165) is 12.0 Å². The minimum atomic E-state index is -0.562. The van der Waals surface area contributed by atoms with Crippen LogP contribution < -0.4 is 5.32 Å². The second kappa shape index (κ2) is 8.70. The normalized spacial score (nSPS) is 10.1. The third kappa shape index (κ3) is 5.56. The molecule has 5 heteroatoms. The van der Waals surface area contributed by atoms with Crippen molar-refractivity contribution in [2.24, 2.45) is 0 Å². The number of hydrogen-bond donors (Lipinski definition) is 2. The van der Waals surface area contributed by atoms with Gasteiger partial charge in [0.25, 0.3) is 5.91 Å². The zero-order chi connectivity index (χ0) is 16.5. The third-order valence-corrected chi connectivity index (χ3v) is 3.29. The number of hydrogen-bond acceptors (Lipinski definition) is 4. The van der Waals surface area contributed by atoms with E-state index in [4.69, 9.17) is 9.84 Å². The van der Waals surface area contributed by atoms with Crippen LogP contribution in [0.15, 0.2) is 54.6 Å². The van der Waals surface area contributed by atoms with Gasteiger partial charge in [0.15, 0.2) is 6.61 Å². The Morgan fingerprint density at radius 2 is 1.65 bits per heavy atom. The Labute approximate surface area is 134 Å². The maximum atomic E-state index is 11.8. The van der Waals surface area contributed by atoms with Gasteiger partial charge in [-0.3, -0.25) is 4.79 Å². The van der Waals surface area contributed by atoms with Crippen LogP contribution in [0.2, 0.25) is 0 Å². The third-order valence-electron chi connectivity index (χ3n) is 3.29. The summed E-state index contributed by atoms with van der Waals surface area (Å²) in [7, 11) is 0. The quantitative estimate of drug-likeness (QED) is 0.763. The number of ether oxygens (including phenoxy) is 1. The summed E-state index contributed by atoms with van der Waals surface area (Å²) in [6.07, 6.45) is 0.725. The van der Waals surface area contributed by atoms with E-state index >= 15 is 0 Å². The van der Waals surface area contributed by atoms with Crippen LogP contribution in [0.3, 0.4) is 0 Å². The molecule has 1 amide bonds. The molecule has 2 aromatic carbocycles. The van der Waals surface area contributed by atoms with Crippen molar-refractivity contribution in [2.75, 3.05) is 13.2 Å². The number of benzene rings is 2. The number of esters is 1. The summed E-state index contributed by atoms with van der Waals surface area (Å²) in [6, 6.07) is 16.2. The van der Waals surface area contributed by atoms with Crippen molar-refractivity contribution in [3.8, 4) is 0 Å². The summed E-state index contributed by atoms with van der Waals surface area (Å²) >= 11 is 0. The number of aliphatic hydroxyl groups excluding tert-OH is 1. The zero-order valence-electron chi connectivity index (χ0n) is 12.7. The Kier molecular flexibility index (Phi) is 6.32. The lowest BCUT2D eigenvalue weighted by Gasteiger charge is -2.07. The molecule has 0 fully saturated rings. The van der Waals surface area contributed by atoms with Crippen molar-refractivity contribution in [3.63, 3.8) is 0 Å². The van der Waals surface area contributed by atoms with Crippen LogP contribution in [0.1, 0.15) is 21.5 Å². The Balaban J connectivity index is 1.70. The molecular formula is C18H19NO4. The standard InChI is InChI=1S/C18H19NO4/c20-12-15-6-8-16(9-7-15)18(22)23-13-17(21)19-11-10-14-4-2-1-3-5-14/h1-9,20H,10-13H2,(H,19,21). The van der Waals surface area contributed by atoms with Gasteiger partial charge in [-0.25, -0.2) is 4.79 Å². The van der Waals surface area contributed by atoms with Gasteiger partial charge >= 0.3 is 5.97 Å². The lowest BCUT2D eigenvalue weighted by atomic mass is 10.1. The van der Waals surface area contributed by atoms with Crippen LogP contribution in [-0.2, 0) is 22.6 Å². The van der Waals surface area contributed by atoms with Crippen LogP contribution in [0.4, 0.5) is 0 Å². The molecule has 0 aromatic heterocycles. The maximum Gasteiger partial charge on any atom is 0.338 e. The minimum Gasteiger partial charge on any atom is -0.452 e. The largest absolute Gasteiger partial charge is 0.452 e. The highest BCUT2D eigenvalue weighted by atomic mass is 16.5.